The van der Waals surface area contributed by atoms with Crippen molar-refractivity contribution in [2.45, 2.75) is 0 Å². The first kappa shape index (κ1) is 7.60. The number of hydrogen-bond donors (Lipinski definition) is 0. The van der Waals surface area contributed by atoms with Crippen molar-refractivity contribution < 1.29 is 4.79 Å². The number of carbonyl (C=O) groups is 1. The number of rotatable bonds is 2. The molecule has 0 saturated carbocycles. The second-order valence-electron chi connectivity index (χ2n) is 2.39. The predicted octanol–water partition coefficient (Wildman–Crippen LogP) is 0.475. The maximum absolute atomic E-state index is 10.6. The first-order valence-electron chi connectivity index (χ1n) is 3.66. The number of carbonyl (C=O) groups excluding carboxylic acids is 1. The Hall–Kier alpha value is -2.04. The standard InChI is InChI=1S/C8H6N4O/c13-4-7-3-9-2-1-8(7)12-6-10-5-11-12/h1-6H. The van der Waals surface area contributed by atoms with Crippen LogP contribution in [0.1, 0.15) is 10.4 Å². The normalized spacial score (nSPS) is 9.85. The van der Waals surface area contributed by atoms with Crippen LogP contribution < -0.4 is 0 Å². The summed E-state index contributed by atoms with van der Waals surface area (Å²) in [6, 6.07) is 1.71. The molecule has 2 aromatic heterocycles. The summed E-state index contributed by atoms with van der Waals surface area (Å²) < 4.78 is 1.52. The van der Waals surface area contributed by atoms with E-state index in [0.717, 1.165) is 6.29 Å². The predicted molar refractivity (Wildman–Crippen MR) is 44.5 cm³/mol. The van der Waals surface area contributed by atoms with Crippen LogP contribution in [0.25, 0.3) is 5.69 Å². The SMILES string of the molecule is O=Cc1cnccc1-n1cncn1. The highest BCUT2D eigenvalue weighted by atomic mass is 16.1. The summed E-state index contributed by atoms with van der Waals surface area (Å²) in [5.41, 5.74) is 1.18. The highest BCUT2D eigenvalue weighted by molar-refractivity contribution is 5.79. The molecule has 2 heterocycles. The molecule has 0 saturated heterocycles. The molecule has 0 aliphatic rings. The lowest BCUT2D eigenvalue weighted by Gasteiger charge is -2.01. The van der Waals surface area contributed by atoms with Crippen molar-refractivity contribution in [2.75, 3.05) is 0 Å². The van der Waals surface area contributed by atoms with E-state index in [1.165, 1.54) is 23.5 Å². The molecule has 0 aliphatic carbocycles. The van der Waals surface area contributed by atoms with Crippen LogP contribution in [-0.2, 0) is 0 Å². The van der Waals surface area contributed by atoms with E-state index in [2.05, 4.69) is 15.1 Å². The van der Waals surface area contributed by atoms with Gasteiger partial charge < -0.3 is 0 Å². The van der Waals surface area contributed by atoms with Gasteiger partial charge in [0.15, 0.2) is 6.29 Å². The van der Waals surface area contributed by atoms with Crippen LogP contribution >= 0.6 is 0 Å². The topological polar surface area (TPSA) is 60.7 Å². The van der Waals surface area contributed by atoms with Crippen molar-refractivity contribution in [1.29, 1.82) is 0 Å². The molecule has 0 fully saturated rings. The van der Waals surface area contributed by atoms with Gasteiger partial charge in [-0.25, -0.2) is 9.67 Å². The Bertz CT molecular complexity index is 410. The number of hydrogen-bond acceptors (Lipinski definition) is 4. The Balaban J connectivity index is 2.57. The van der Waals surface area contributed by atoms with Gasteiger partial charge in [-0.15, -0.1) is 0 Å². The minimum atomic E-state index is 0.494. The van der Waals surface area contributed by atoms with Gasteiger partial charge in [0, 0.05) is 12.4 Å². The van der Waals surface area contributed by atoms with Gasteiger partial charge in [0.1, 0.15) is 12.7 Å². The van der Waals surface area contributed by atoms with E-state index in [1.807, 2.05) is 0 Å². The van der Waals surface area contributed by atoms with Crippen LogP contribution in [0.2, 0.25) is 0 Å². The molecular formula is C8H6N4O. The summed E-state index contributed by atoms with van der Waals surface area (Å²) in [6.07, 6.45) is 6.77. The number of aldehydes is 1. The molecule has 5 nitrogen and oxygen atoms in total. The summed E-state index contributed by atoms with van der Waals surface area (Å²) >= 11 is 0. The zero-order chi connectivity index (χ0) is 9.10. The minimum absolute atomic E-state index is 0.494. The molecule has 0 aliphatic heterocycles. The molecule has 5 heteroatoms. The zero-order valence-corrected chi connectivity index (χ0v) is 6.66. The van der Waals surface area contributed by atoms with Gasteiger partial charge in [-0.3, -0.25) is 9.78 Å². The Morgan fingerprint density at radius 2 is 2.31 bits per heavy atom. The van der Waals surface area contributed by atoms with E-state index >= 15 is 0 Å². The van der Waals surface area contributed by atoms with Crippen LogP contribution in [0.4, 0.5) is 0 Å². The second kappa shape index (κ2) is 3.14. The summed E-state index contributed by atoms with van der Waals surface area (Å²) in [6.45, 7) is 0. The van der Waals surface area contributed by atoms with E-state index in [-0.39, 0.29) is 0 Å². The quantitative estimate of drug-likeness (QED) is 0.621. The molecule has 0 aromatic carbocycles. The van der Waals surface area contributed by atoms with E-state index in [9.17, 15) is 4.79 Å². The molecule has 0 N–H and O–H groups in total. The monoisotopic (exact) mass is 174 g/mol. The molecule has 13 heavy (non-hydrogen) atoms. The van der Waals surface area contributed by atoms with E-state index in [1.54, 1.807) is 12.3 Å². The third-order valence-corrected chi connectivity index (χ3v) is 1.62. The van der Waals surface area contributed by atoms with Crippen LogP contribution in [-0.4, -0.2) is 26.0 Å². The smallest absolute Gasteiger partial charge is 0.153 e. The van der Waals surface area contributed by atoms with Gasteiger partial charge in [-0.05, 0) is 6.07 Å². The van der Waals surface area contributed by atoms with Crippen LogP contribution in [0.15, 0.2) is 31.1 Å². The molecule has 0 atom stereocenters. The first-order chi connectivity index (χ1) is 6.42. The highest BCUT2D eigenvalue weighted by Crippen LogP contribution is 2.07. The van der Waals surface area contributed by atoms with Crippen molar-refractivity contribution in [2.24, 2.45) is 0 Å². The Morgan fingerprint density at radius 1 is 1.38 bits per heavy atom. The largest absolute Gasteiger partial charge is 0.298 e. The van der Waals surface area contributed by atoms with Gasteiger partial charge >= 0.3 is 0 Å². The van der Waals surface area contributed by atoms with Gasteiger partial charge in [-0.2, -0.15) is 5.10 Å². The summed E-state index contributed by atoms with van der Waals surface area (Å²) in [7, 11) is 0. The van der Waals surface area contributed by atoms with Crippen molar-refractivity contribution >= 4 is 6.29 Å². The average Bonchev–Trinajstić information content (AvgIpc) is 2.70. The van der Waals surface area contributed by atoms with Crippen molar-refractivity contribution in [1.82, 2.24) is 19.7 Å². The first-order valence-corrected chi connectivity index (χ1v) is 3.66. The summed E-state index contributed by atoms with van der Waals surface area (Å²) in [4.78, 5) is 18.2. The van der Waals surface area contributed by atoms with Crippen molar-refractivity contribution in [3.63, 3.8) is 0 Å². The molecule has 2 aromatic rings. The number of pyridine rings is 1. The lowest BCUT2D eigenvalue weighted by atomic mass is 10.2. The fourth-order valence-electron chi connectivity index (χ4n) is 1.03. The van der Waals surface area contributed by atoms with E-state index in [4.69, 9.17) is 0 Å². The molecule has 0 bridgehead atoms. The molecule has 0 amide bonds. The van der Waals surface area contributed by atoms with Crippen LogP contribution in [0, 0.1) is 0 Å². The molecule has 0 unspecified atom stereocenters. The van der Waals surface area contributed by atoms with Gasteiger partial charge in [-0.1, -0.05) is 0 Å². The van der Waals surface area contributed by atoms with Gasteiger partial charge in [0.2, 0.25) is 0 Å². The third-order valence-electron chi connectivity index (χ3n) is 1.62. The van der Waals surface area contributed by atoms with Crippen LogP contribution in [0.3, 0.4) is 0 Å². The van der Waals surface area contributed by atoms with Crippen molar-refractivity contribution in [3.8, 4) is 5.69 Å². The van der Waals surface area contributed by atoms with Crippen LogP contribution in [0.5, 0.6) is 0 Å². The summed E-state index contributed by atoms with van der Waals surface area (Å²) in [5, 5.41) is 3.91. The fourth-order valence-corrected chi connectivity index (χ4v) is 1.03. The Kier molecular flexibility index (Phi) is 1.84. The number of aromatic nitrogens is 4. The lowest BCUT2D eigenvalue weighted by molar-refractivity contribution is 0.112. The molecule has 0 spiro atoms. The maximum atomic E-state index is 10.6. The fraction of sp³-hybridized carbons (Fsp3) is 0. The lowest BCUT2D eigenvalue weighted by Crippen LogP contribution is -1.99. The highest BCUT2D eigenvalue weighted by Gasteiger charge is 2.02. The Morgan fingerprint density at radius 3 is 3.00 bits per heavy atom. The van der Waals surface area contributed by atoms with E-state index < -0.39 is 0 Å². The molecular weight excluding hydrogens is 168 g/mol. The number of nitrogens with zero attached hydrogens (tertiary/aromatic N) is 4. The average molecular weight is 174 g/mol. The minimum Gasteiger partial charge on any atom is -0.298 e. The van der Waals surface area contributed by atoms with E-state index in [0.29, 0.717) is 11.3 Å². The van der Waals surface area contributed by atoms with Gasteiger partial charge in [0.25, 0.3) is 0 Å². The second-order valence-corrected chi connectivity index (χ2v) is 2.39. The molecule has 2 rings (SSSR count). The Labute approximate surface area is 74.1 Å². The molecule has 64 valence electrons. The third kappa shape index (κ3) is 1.31. The van der Waals surface area contributed by atoms with Gasteiger partial charge in [0.05, 0.1) is 11.3 Å². The zero-order valence-electron chi connectivity index (χ0n) is 6.66. The summed E-state index contributed by atoms with van der Waals surface area (Å²) in [5.74, 6) is 0. The maximum Gasteiger partial charge on any atom is 0.153 e. The molecule has 0 radical (unpaired) electrons. The van der Waals surface area contributed by atoms with Crippen molar-refractivity contribution in [3.05, 3.63) is 36.7 Å².